The minimum Gasteiger partial charge on any atom is -0.213 e. The quantitative estimate of drug-likeness (QED) is 0.893. The Balaban J connectivity index is 0.00000127. The van der Waals surface area contributed by atoms with Crippen molar-refractivity contribution in [2.24, 2.45) is 0 Å². The van der Waals surface area contributed by atoms with Gasteiger partial charge in [0.05, 0.1) is 12.8 Å². The summed E-state index contributed by atoms with van der Waals surface area (Å²) in [7, 11) is -3.65. The van der Waals surface area contributed by atoms with Gasteiger partial charge in [-0.2, -0.15) is 8.78 Å². The Labute approximate surface area is 136 Å². The molecule has 23 heavy (non-hydrogen) atoms. The molecule has 126 valence electrons. The van der Waals surface area contributed by atoms with Crippen LogP contribution in [-0.2, 0) is 15.9 Å². The largest absolute Gasteiger partial charge is 0.286 e. The second-order valence-corrected chi connectivity index (χ2v) is 6.57. The summed E-state index contributed by atoms with van der Waals surface area (Å²) in [5, 5.41) is 0. The summed E-state index contributed by atoms with van der Waals surface area (Å²) in [4.78, 5) is 0. The highest BCUT2D eigenvalue weighted by molar-refractivity contribution is 7.88. The molecule has 0 fully saturated rings. The molecule has 2 rings (SSSR count). The van der Waals surface area contributed by atoms with Crippen molar-refractivity contribution in [3.63, 3.8) is 0 Å². The fourth-order valence-corrected chi connectivity index (χ4v) is 2.30. The molecule has 0 atom stereocenters. The van der Waals surface area contributed by atoms with Gasteiger partial charge in [-0.1, -0.05) is 68.4 Å². The topological polar surface area (TPSA) is 46.2 Å². The summed E-state index contributed by atoms with van der Waals surface area (Å²) in [6.07, 6.45) is 0.849. The Morgan fingerprint density at radius 2 is 1.39 bits per heavy atom. The van der Waals surface area contributed by atoms with Crippen LogP contribution < -0.4 is 4.72 Å². The molecule has 0 bridgehead atoms. The molecule has 1 N–H and O–H groups in total. The standard InChI is InChI=1S/C15H15F2NO2S.C2H6/c1-21(19,20)18-11-15(16,17)14-9-7-13(8-10-14)12-5-3-2-4-6-12;1-2/h2-10,18H,11H2,1H3;1-2H3. The number of hydrogen-bond donors (Lipinski definition) is 1. The Morgan fingerprint density at radius 1 is 0.913 bits per heavy atom. The lowest BCUT2D eigenvalue weighted by molar-refractivity contribution is 0.00215. The first-order valence-corrected chi connectivity index (χ1v) is 9.15. The van der Waals surface area contributed by atoms with Crippen molar-refractivity contribution in [1.29, 1.82) is 0 Å². The van der Waals surface area contributed by atoms with Crippen molar-refractivity contribution in [1.82, 2.24) is 4.72 Å². The van der Waals surface area contributed by atoms with Crippen molar-refractivity contribution in [2.75, 3.05) is 12.8 Å². The molecule has 0 saturated carbocycles. The molecule has 0 saturated heterocycles. The van der Waals surface area contributed by atoms with Crippen molar-refractivity contribution in [2.45, 2.75) is 19.8 Å². The van der Waals surface area contributed by atoms with Crippen LogP contribution in [0.5, 0.6) is 0 Å². The summed E-state index contributed by atoms with van der Waals surface area (Å²) >= 11 is 0. The zero-order chi connectivity index (χ0) is 17.5. The smallest absolute Gasteiger partial charge is 0.213 e. The molecule has 0 radical (unpaired) electrons. The van der Waals surface area contributed by atoms with Crippen LogP contribution in [0.2, 0.25) is 0 Å². The van der Waals surface area contributed by atoms with Crippen LogP contribution in [-0.4, -0.2) is 21.2 Å². The van der Waals surface area contributed by atoms with Crippen LogP contribution in [0.15, 0.2) is 54.6 Å². The zero-order valence-corrected chi connectivity index (χ0v) is 14.2. The van der Waals surface area contributed by atoms with Gasteiger partial charge < -0.3 is 0 Å². The highest BCUT2D eigenvalue weighted by Crippen LogP contribution is 2.29. The molecule has 0 aromatic heterocycles. The van der Waals surface area contributed by atoms with Gasteiger partial charge in [0.2, 0.25) is 10.0 Å². The van der Waals surface area contributed by atoms with E-state index in [1.165, 1.54) is 12.1 Å². The summed E-state index contributed by atoms with van der Waals surface area (Å²) in [5.41, 5.74) is 1.53. The lowest BCUT2D eigenvalue weighted by Gasteiger charge is -2.17. The van der Waals surface area contributed by atoms with E-state index in [9.17, 15) is 17.2 Å². The van der Waals surface area contributed by atoms with Gasteiger partial charge in [-0.25, -0.2) is 13.1 Å². The molecule has 0 unspecified atom stereocenters. The number of sulfonamides is 1. The highest BCUT2D eigenvalue weighted by Gasteiger charge is 2.32. The Morgan fingerprint density at radius 3 is 1.87 bits per heavy atom. The van der Waals surface area contributed by atoms with Crippen LogP contribution in [0.1, 0.15) is 19.4 Å². The van der Waals surface area contributed by atoms with Crippen LogP contribution in [0.25, 0.3) is 11.1 Å². The van der Waals surface area contributed by atoms with E-state index in [2.05, 4.69) is 0 Å². The van der Waals surface area contributed by atoms with E-state index in [-0.39, 0.29) is 5.56 Å². The third-order valence-electron chi connectivity index (χ3n) is 2.97. The molecule has 0 aliphatic heterocycles. The van der Waals surface area contributed by atoms with Gasteiger partial charge in [-0.15, -0.1) is 0 Å². The van der Waals surface area contributed by atoms with Crippen molar-refractivity contribution >= 4 is 10.0 Å². The van der Waals surface area contributed by atoms with Crippen molar-refractivity contribution in [3.8, 4) is 11.1 Å². The predicted octanol–water partition coefficient (Wildman–Crippen LogP) is 4.02. The second kappa shape index (κ2) is 8.17. The first kappa shape index (κ1) is 19.3. The third-order valence-corrected chi connectivity index (χ3v) is 3.64. The predicted molar refractivity (Wildman–Crippen MR) is 90.0 cm³/mol. The molecular formula is C17H21F2NO2S. The van der Waals surface area contributed by atoms with E-state index in [0.29, 0.717) is 0 Å². The van der Waals surface area contributed by atoms with Gasteiger partial charge in [-0.05, 0) is 11.1 Å². The van der Waals surface area contributed by atoms with Gasteiger partial charge in [0.25, 0.3) is 5.92 Å². The molecule has 0 aliphatic carbocycles. The number of nitrogens with one attached hydrogen (secondary N) is 1. The summed E-state index contributed by atoms with van der Waals surface area (Å²) in [6, 6.07) is 15.2. The Bertz CT molecular complexity index is 699. The third kappa shape index (κ3) is 6.08. The van der Waals surface area contributed by atoms with Gasteiger partial charge >= 0.3 is 0 Å². The van der Waals surface area contributed by atoms with Crippen molar-refractivity contribution < 1.29 is 17.2 Å². The van der Waals surface area contributed by atoms with E-state index in [0.717, 1.165) is 17.4 Å². The lowest BCUT2D eigenvalue weighted by atomic mass is 10.0. The minimum absolute atomic E-state index is 0.224. The first-order valence-electron chi connectivity index (χ1n) is 7.26. The van der Waals surface area contributed by atoms with Gasteiger partial charge in [0, 0.05) is 5.56 Å². The summed E-state index contributed by atoms with van der Waals surface area (Å²) in [6.45, 7) is 3.05. The van der Waals surface area contributed by atoms with E-state index in [1.807, 2.05) is 48.9 Å². The minimum atomic E-state index is -3.65. The molecule has 2 aromatic rings. The molecule has 2 aromatic carbocycles. The zero-order valence-electron chi connectivity index (χ0n) is 13.4. The molecule has 0 amide bonds. The molecule has 0 heterocycles. The highest BCUT2D eigenvalue weighted by atomic mass is 32.2. The van der Waals surface area contributed by atoms with Gasteiger partial charge in [0.1, 0.15) is 0 Å². The number of alkyl halides is 2. The number of halogens is 2. The van der Waals surface area contributed by atoms with E-state index >= 15 is 0 Å². The monoisotopic (exact) mass is 341 g/mol. The maximum absolute atomic E-state index is 13.9. The fourth-order valence-electron chi connectivity index (χ4n) is 1.86. The molecule has 3 nitrogen and oxygen atoms in total. The number of benzene rings is 2. The number of rotatable bonds is 5. The molecule has 0 spiro atoms. The molecule has 6 heteroatoms. The summed E-state index contributed by atoms with van der Waals surface area (Å²) in [5.74, 6) is -3.25. The Hall–Kier alpha value is -1.79. The van der Waals surface area contributed by atoms with Crippen LogP contribution in [0.4, 0.5) is 8.78 Å². The average molecular weight is 341 g/mol. The molecular weight excluding hydrogens is 320 g/mol. The van der Waals surface area contributed by atoms with E-state index in [4.69, 9.17) is 0 Å². The van der Waals surface area contributed by atoms with Crippen molar-refractivity contribution in [3.05, 3.63) is 60.2 Å². The average Bonchev–Trinajstić information content (AvgIpc) is 2.55. The second-order valence-electron chi connectivity index (χ2n) is 4.74. The summed E-state index contributed by atoms with van der Waals surface area (Å²) < 4.78 is 51.4. The first-order chi connectivity index (χ1) is 10.8. The van der Waals surface area contributed by atoms with Crippen LogP contribution in [0, 0.1) is 0 Å². The van der Waals surface area contributed by atoms with Crippen LogP contribution in [0.3, 0.4) is 0 Å². The Kier molecular flexibility index (Phi) is 6.84. The SMILES string of the molecule is CC.CS(=O)(=O)NCC(F)(F)c1ccc(-c2ccccc2)cc1. The van der Waals surface area contributed by atoms with Crippen LogP contribution >= 0.6 is 0 Å². The van der Waals surface area contributed by atoms with Gasteiger partial charge in [-0.3, -0.25) is 0 Å². The maximum Gasteiger partial charge on any atom is 0.286 e. The van der Waals surface area contributed by atoms with Gasteiger partial charge in [0.15, 0.2) is 0 Å². The molecule has 0 aliphatic rings. The maximum atomic E-state index is 13.9. The van der Waals surface area contributed by atoms with E-state index < -0.39 is 22.5 Å². The fraction of sp³-hybridized carbons (Fsp3) is 0.294. The normalized spacial score (nSPS) is 11.5. The lowest BCUT2D eigenvalue weighted by Crippen LogP contribution is -2.34. The number of hydrogen-bond acceptors (Lipinski definition) is 2. The van der Waals surface area contributed by atoms with E-state index in [1.54, 1.807) is 12.1 Å².